The molecule has 2 N–H and O–H groups in total. The third-order valence-electron chi connectivity index (χ3n) is 6.28. The van der Waals surface area contributed by atoms with E-state index in [1.807, 2.05) is 13.0 Å². The van der Waals surface area contributed by atoms with Gasteiger partial charge in [0.05, 0.1) is 6.61 Å². The molecule has 0 aliphatic heterocycles. The van der Waals surface area contributed by atoms with E-state index in [0.29, 0.717) is 18.4 Å². The predicted octanol–water partition coefficient (Wildman–Crippen LogP) is 2.12. The number of allylic oxidation sites excluding steroid dienone is 2. The summed E-state index contributed by atoms with van der Waals surface area (Å²) in [5, 5.41) is 20.2. The zero-order chi connectivity index (χ0) is 17.0. The van der Waals surface area contributed by atoms with Crippen LogP contribution < -0.4 is 0 Å². The maximum Gasteiger partial charge on any atom is 0.185 e. The van der Waals surface area contributed by atoms with Crippen LogP contribution >= 0.6 is 0 Å². The summed E-state index contributed by atoms with van der Waals surface area (Å²) in [6.07, 6.45) is 4.48. The Morgan fingerprint density at radius 2 is 2.09 bits per heavy atom. The van der Waals surface area contributed by atoms with E-state index in [0.717, 1.165) is 17.6 Å². The van der Waals surface area contributed by atoms with Crippen LogP contribution in [0, 0.1) is 16.7 Å². The Kier molecular flexibility index (Phi) is 3.73. The number of aliphatic hydroxyl groups excluding tert-OH is 2. The molecule has 0 saturated carbocycles. The standard InChI is InChI=1S/C19H24O4/c1-4-18(2)6-5-13-12(9-18)15(21)8-14-11(10-20)7-16(22)17(23)19(13,14)3/h4,7,14,17,20,23H,1,5-6,8-10H2,2-3H3/t14-,17-,18-,19+/m1/s1. The molecule has 4 atom stereocenters. The summed E-state index contributed by atoms with van der Waals surface area (Å²) < 4.78 is 0. The topological polar surface area (TPSA) is 74.6 Å². The van der Waals surface area contributed by atoms with Crippen molar-refractivity contribution in [2.45, 2.75) is 45.6 Å². The summed E-state index contributed by atoms with van der Waals surface area (Å²) in [4.78, 5) is 24.9. The number of carbonyl (C=O) groups is 2. The Hall–Kier alpha value is -1.52. The highest BCUT2D eigenvalue weighted by atomic mass is 16.3. The Morgan fingerprint density at radius 1 is 1.39 bits per heavy atom. The molecule has 0 saturated heterocycles. The van der Waals surface area contributed by atoms with Gasteiger partial charge in [0.25, 0.3) is 0 Å². The number of Topliss-reactive ketones (excluding diaryl/α,β-unsaturated/α-hetero) is 1. The molecule has 0 fully saturated rings. The van der Waals surface area contributed by atoms with Gasteiger partial charge in [-0.3, -0.25) is 9.59 Å². The van der Waals surface area contributed by atoms with Crippen molar-refractivity contribution in [3.63, 3.8) is 0 Å². The fourth-order valence-electron chi connectivity index (χ4n) is 4.61. The first-order valence-electron chi connectivity index (χ1n) is 8.19. The second-order valence-corrected chi connectivity index (χ2v) is 7.64. The van der Waals surface area contributed by atoms with Gasteiger partial charge in [-0.25, -0.2) is 0 Å². The molecule has 0 bridgehead atoms. The van der Waals surface area contributed by atoms with Crippen LogP contribution in [0.1, 0.15) is 39.5 Å². The summed E-state index contributed by atoms with van der Waals surface area (Å²) in [6, 6.07) is 0. The molecule has 0 aromatic carbocycles. The Morgan fingerprint density at radius 3 is 2.70 bits per heavy atom. The SMILES string of the molecule is C=C[C@]1(C)CCC2=C(C1)C(=O)C[C@@H]1C(CO)=CC(=O)[C@@H](O)[C@@]21C. The lowest BCUT2D eigenvalue weighted by molar-refractivity contribution is -0.134. The van der Waals surface area contributed by atoms with E-state index in [9.17, 15) is 19.8 Å². The Labute approximate surface area is 136 Å². The number of hydrogen-bond acceptors (Lipinski definition) is 4. The number of fused-ring (bicyclic) bond motifs is 2. The lowest BCUT2D eigenvalue weighted by atomic mass is 9.52. The lowest BCUT2D eigenvalue weighted by Crippen LogP contribution is -2.53. The van der Waals surface area contributed by atoms with Crippen LogP contribution in [0.4, 0.5) is 0 Å². The van der Waals surface area contributed by atoms with E-state index >= 15 is 0 Å². The number of hydrogen-bond donors (Lipinski definition) is 2. The molecule has 0 radical (unpaired) electrons. The number of rotatable bonds is 2. The third-order valence-corrected chi connectivity index (χ3v) is 6.28. The van der Waals surface area contributed by atoms with Crippen molar-refractivity contribution in [1.29, 1.82) is 0 Å². The van der Waals surface area contributed by atoms with Crippen LogP contribution in [0.5, 0.6) is 0 Å². The van der Waals surface area contributed by atoms with Crippen molar-refractivity contribution in [3.8, 4) is 0 Å². The normalized spacial score (nSPS) is 40.4. The van der Waals surface area contributed by atoms with E-state index in [4.69, 9.17) is 0 Å². The minimum Gasteiger partial charge on any atom is -0.392 e. The van der Waals surface area contributed by atoms with Crippen molar-refractivity contribution < 1.29 is 19.8 Å². The van der Waals surface area contributed by atoms with Crippen LogP contribution in [0.15, 0.2) is 35.5 Å². The van der Waals surface area contributed by atoms with E-state index in [2.05, 4.69) is 13.5 Å². The molecule has 3 rings (SSSR count). The molecule has 0 aromatic heterocycles. The van der Waals surface area contributed by atoms with Crippen molar-refractivity contribution in [2.24, 2.45) is 16.7 Å². The van der Waals surface area contributed by atoms with Crippen molar-refractivity contribution >= 4 is 11.6 Å². The molecule has 3 aliphatic rings. The molecule has 0 heterocycles. The molecule has 3 aliphatic carbocycles. The average molecular weight is 316 g/mol. The number of aliphatic hydroxyl groups is 2. The first-order valence-corrected chi connectivity index (χ1v) is 8.19. The minimum atomic E-state index is -1.14. The van der Waals surface area contributed by atoms with Gasteiger partial charge in [0.2, 0.25) is 0 Å². The summed E-state index contributed by atoms with van der Waals surface area (Å²) in [7, 11) is 0. The van der Waals surface area contributed by atoms with Crippen LogP contribution in [-0.4, -0.2) is 34.5 Å². The highest BCUT2D eigenvalue weighted by Gasteiger charge is 2.55. The zero-order valence-electron chi connectivity index (χ0n) is 13.8. The van der Waals surface area contributed by atoms with Gasteiger partial charge in [-0.15, -0.1) is 6.58 Å². The van der Waals surface area contributed by atoms with E-state index < -0.39 is 11.5 Å². The van der Waals surface area contributed by atoms with E-state index in [1.54, 1.807) is 0 Å². The molecule has 23 heavy (non-hydrogen) atoms. The van der Waals surface area contributed by atoms with Crippen LogP contribution in [0.2, 0.25) is 0 Å². The smallest absolute Gasteiger partial charge is 0.185 e. The lowest BCUT2D eigenvalue weighted by Gasteiger charge is -2.52. The minimum absolute atomic E-state index is 0.0798. The fourth-order valence-corrected chi connectivity index (χ4v) is 4.61. The largest absolute Gasteiger partial charge is 0.392 e. The van der Waals surface area contributed by atoms with Gasteiger partial charge in [0, 0.05) is 17.8 Å². The second kappa shape index (κ2) is 5.25. The average Bonchev–Trinajstić information content (AvgIpc) is 2.54. The molecule has 0 aromatic rings. The quantitative estimate of drug-likeness (QED) is 0.765. The Balaban J connectivity index is 2.16. The van der Waals surface area contributed by atoms with E-state index in [1.165, 1.54) is 6.08 Å². The van der Waals surface area contributed by atoms with Gasteiger partial charge < -0.3 is 10.2 Å². The molecule has 4 heteroatoms. The predicted molar refractivity (Wildman–Crippen MR) is 86.6 cm³/mol. The first-order chi connectivity index (χ1) is 10.8. The summed E-state index contributed by atoms with van der Waals surface area (Å²) >= 11 is 0. The fraction of sp³-hybridized carbons (Fsp3) is 0.579. The molecule has 124 valence electrons. The second-order valence-electron chi connectivity index (χ2n) is 7.64. The highest BCUT2D eigenvalue weighted by Crippen LogP contribution is 2.57. The maximum absolute atomic E-state index is 12.7. The third kappa shape index (κ3) is 2.19. The zero-order valence-corrected chi connectivity index (χ0v) is 13.8. The van der Waals surface area contributed by atoms with Crippen LogP contribution in [0.25, 0.3) is 0 Å². The maximum atomic E-state index is 12.7. The van der Waals surface area contributed by atoms with Gasteiger partial charge in [0.15, 0.2) is 11.6 Å². The Bertz CT molecular complexity index is 656. The molecule has 0 unspecified atom stereocenters. The first kappa shape index (κ1) is 16.3. The van der Waals surface area contributed by atoms with Crippen molar-refractivity contribution in [3.05, 3.63) is 35.5 Å². The molecule has 4 nitrogen and oxygen atoms in total. The molecular formula is C19H24O4. The number of carbonyl (C=O) groups excluding carboxylic acids is 2. The van der Waals surface area contributed by atoms with Gasteiger partial charge >= 0.3 is 0 Å². The van der Waals surface area contributed by atoms with E-state index in [-0.39, 0.29) is 35.9 Å². The molecular weight excluding hydrogens is 292 g/mol. The van der Waals surface area contributed by atoms with Gasteiger partial charge in [-0.2, -0.15) is 0 Å². The summed E-state index contributed by atoms with van der Waals surface area (Å²) in [6.45, 7) is 7.61. The van der Waals surface area contributed by atoms with Crippen molar-refractivity contribution in [1.82, 2.24) is 0 Å². The monoisotopic (exact) mass is 316 g/mol. The van der Waals surface area contributed by atoms with Gasteiger partial charge in [-0.05, 0) is 41.9 Å². The molecule has 0 spiro atoms. The molecule has 0 amide bonds. The van der Waals surface area contributed by atoms with Crippen LogP contribution in [0.3, 0.4) is 0 Å². The van der Waals surface area contributed by atoms with Crippen molar-refractivity contribution in [2.75, 3.05) is 6.61 Å². The van der Waals surface area contributed by atoms with Gasteiger partial charge in [-0.1, -0.05) is 25.5 Å². The van der Waals surface area contributed by atoms with Crippen LogP contribution in [-0.2, 0) is 9.59 Å². The van der Waals surface area contributed by atoms with Gasteiger partial charge in [0.1, 0.15) is 6.10 Å². The number of ketones is 2. The summed E-state index contributed by atoms with van der Waals surface area (Å²) in [5.74, 6) is -0.582. The summed E-state index contributed by atoms with van der Waals surface area (Å²) in [5.41, 5.74) is 1.35. The highest BCUT2D eigenvalue weighted by molar-refractivity contribution is 6.02.